The lowest BCUT2D eigenvalue weighted by Crippen LogP contribution is -1.92. The average Bonchev–Trinajstić information content (AvgIpc) is 2.25. The standard InChI is InChI=1S/C11H7Br2ClN2/c12-8-5-7(14)1-2-10(8)16-11-3-4-15-6-9(11)13/h1-6H,(H,15,16). The molecule has 82 valence electrons. The Hall–Kier alpha value is -0.580. The third-order valence-electron chi connectivity index (χ3n) is 1.97. The van der Waals surface area contributed by atoms with E-state index >= 15 is 0 Å². The molecule has 1 heterocycles. The van der Waals surface area contributed by atoms with E-state index in [1.807, 2.05) is 24.3 Å². The monoisotopic (exact) mass is 360 g/mol. The van der Waals surface area contributed by atoms with Gasteiger partial charge in [0.2, 0.25) is 0 Å². The molecule has 16 heavy (non-hydrogen) atoms. The van der Waals surface area contributed by atoms with Gasteiger partial charge in [-0.15, -0.1) is 0 Å². The molecule has 1 N–H and O–H groups in total. The minimum absolute atomic E-state index is 0.700. The molecule has 2 rings (SSSR count). The fraction of sp³-hybridized carbons (Fsp3) is 0. The summed E-state index contributed by atoms with van der Waals surface area (Å²) in [4.78, 5) is 4.00. The van der Waals surface area contributed by atoms with Crippen LogP contribution in [0.25, 0.3) is 0 Å². The van der Waals surface area contributed by atoms with Gasteiger partial charge in [0.05, 0.1) is 15.8 Å². The van der Waals surface area contributed by atoms with Crippen molar-refractivity contribution in [1.82, 2.24) is 4.98 Å². The Morgan fingerprint density at radius 3 is 2.50 bits per heavy atom. The van der Waals surface area contributed by atoms with E-state index in [0.717, 1.165) is 20.3 Å². The van der Waals surface area contributed by atoms with E-state index in [-0.39, 0.29) is 0 Å². The second kappa shape index (κ2) is 5.17. The van der Waals surface area contributed by atoms with Gasteiger partial charge in [0.15, 0.2) is 0 Å². The number of nitrogens with one attached hydrogen (secondary N) is 1. The Morgan fingerprint density at radius 1 is 1.06 bits per heavy atom. The number of hydrogen-bond donors (Lipinski definition) is 1. The normalized spacial score (nSPS) is 10.2. The van der Waals surface area contributed by atoms with E-state index in [1.54, 1.807) is 12.4 Å². The summed E-state index contributed by atoms with van der Waals surface area (Å²) in [7, 11) is 0. The van der Waals surface area contributed by atoms with Crippen LogP contribution in [0.5, 0.6) is 0 Å². The molecule has 0 aliphatic rings. The van der Waals surface area contributed by atoms with E-state index in [0.29, 0.717) is 5.02 Å². The number of hydrogen-bond acceptors (Lipinski definition) is 2. The van der Waals surface area contributed by atoms with E-state index in [2.05, 4.69) is 42.2 Å². The van der Waals surface area contributed by atoms with Crippen LogP contribution in [0.2, 0.25) is 5.02 Å². The largest absolute Gasteiger partial charge is 0.354 e. The number of nitrogens with zero attached hydrogens (tertiary/aromatic N) is 1. The zero-order valence-corrected chi connectivity index (χ0v) is 12.0. The number of halogens is 3. The predicted molar refractivity (Wildman–Crippen MR) is 74.4 cm³/mol. The fourth-order valence-electron chi connectivity index (χ4n) is 1.21. The zero-order chi connectivity index (χ0) is 11.5. The molecule has 2 nitrogen and oxygen atoms in total. The van der Waals surface area contributed by atoms with Crippen LogP contribution in [0.1, 0.15) is 0 Å². The Labute approximate surface area is 115 Å². The number of anilines is 2. The first-order chi connectivity index (χ1) is 7.66. The highest BCUT2D eigenvalue weighted by Crippen LogP contribution is 2.31. The lowest BCUT2D eigenvalue weighted by molar-refractivity contribution is 1.30. The maximum Gasteiger partial charge on any atom is 0.0593 e. The van der Waals surface area contributed by atoms with Crippen LogP contribution >= 0.6 is 43.5 Å². The molecule has 0 unspecified atom stereocenters. The van der Waals surface area contributed by atoms with Crippen molar-refractivity contribution in [1.29, 1.82) is 0 Å². The predicted octanol–water partition coefficient (Wildman–Crippen LogP) is 5.00. The van der Waals surface area contributed by atoms with Crippen molar-refractivity contribution in [2.75, 3.05) is 5.32 Å². The molecular formula is C11H7Br2ClN2. The first kappa shape index (κ1) is 11.9. The molecule has 0 saturated carbocycles. The first-order valence-electron chi connectivity index (χ1n) is 4.48. The van der Waals surface area contributed by atoms with Crippen LogP contribution in [-0.2, 0) is 0 Å². The Morgan fingerprint density at radius 2 is 1.81 bits per heavy atom. The van der Waals surface area contributed by atoms with E-state index in [9.17, 15) is 0 Å². The van der Waals surface area contributed by atoms with Gasteiger partial charge in [-0.25, -0.2) is 0 Å². The molecule has 0 radical (unpaired) electrons. The van der Waals surface area contributed by atoms with Gasteiger partial charge in [-0.2, -0.15) is 0 Å². The second-order valence-electron chi connectivity index (χ2n) is 3.10. The van der Waals surface area contributed by atoms with Gasteiger partial charge >= 0.3 is 0 Å². The highest BCUT2D eigenvalue weighted by atomic mass is 79.9. The summed E-state index contributed by atoms with van der Waals surface area (Å²) in [6.45, 7) is 0. The smallest absolute Gasteiger partial charge is 0.0593 e. The summed E-state index contributed by atoms with van der Waals surface area (Å²) < 4.78 is 1.83. The second-order valence-corrected chi connectivity index (χ2v) is 5.25. The Kier molecular flexibility index (Phi) is 3.84. The molecule has 5 heteroatoms. The molecule has 2 aromatic rings. The number of rotatable bonds is 2. The minimum Gasteiger partial charge on any atom is -0.354 e. The molecule has 1 aromatic carbocycles. The number of benzene rings is 1. The molecule has 1 aromatic heterocycles. The van der Waals surface area contributed by atoms with Crippen molar-refractivity contribution < 1.29 is 0 Å². The molecule has 0 aliphatic carbocycles. The highest BCUT2D eigenvalue weighted by Gasteiger charge is 2.03. The van der Waals surface area contributed by atoms with Gasteiger partial charge < -0.3 is 5.32 Å². The molecule has 0 atom stereocenters. The third-order valence-corrected chi connectivity index (χ3v) is 3.50. The van der Waals surface area contributed by atoms with Crippen molar-refractivity contribution in [3.63, 3.8) is 0 Å². The van der Waals surface area contributed by atoms with Gasteiger partial charge in [0.1, 0.15) is 0 Å². The summed E-state index contributed by atoms with van der Waals surface area (Å²) >= 11 is 12.8. The fourth-order valence-corrected chi connectivity index (χ4v) is 2.34. The highest BCUT2D eigenvalue weighted by molar-refractivity contribution is 9.11. The Bertz CT molecular complexity index is 517. The molecule has 0 spiro atoms. The van der Waals surface area contributed by atoms with Crippen molar-refractivity contribution in [2.45, 2.75) is 0 Å². The topological polar surface area (TPSA) is 24.9 Å². The van der Waals surface area contributed by atoms with Crippen LogP contribution in [0, 0.1) is 0 Å². The molecular weight excluding hydrogens is 355 g/mol. The van der Waals surface area contributed by atoms with Crippen LogP contribution in [0.15, 0.2) is 45.6 Å². The molecule has 0 bridgehead atoms. The van der Waals surface area contributed by atoms with E-state index in [1.165, 1.54) is 0 Å². The lowest BCUT2D eigenvalue weighted by Gasteiger charge is -2.09. The van der Waals surface area contributed by atoms with Crippen LogP contribution in [0.4, 0.5) is 11.4 Å². The van der Waals surface area contributed by atoms with Gasteiger partial charge in [0, 0.05) is 21.9 Å². The van der Waals surface area contributed by atoms with Crippen LogP contribution in [-0.4, -0.2) is 4.98 Å². The van der Waals surface area contributed by atoms with Gasteiger partial charge in [0.25, 0.3) is 0 Å². The van der Waals surface area contributed by atoms with Crippen molar-refractivity contribution >= 4 is 54.8 Å². The van der Waals surface area contributed by atoms with Gasteiger partial charge in [-0.3, -0.25) is 4.98 Å². The average molecular weight is 362 g/mol. The zero-order valence-electron chi connectivity index (χ0n) is 8.05. The van der Waals surface area contributed by atoms with Crippen LogP contribution < -0.4 is 5.32 Å². The maximum atomic E-state index is 5.87. The molecule has 0 aliphatic heterocycles. The van der Waals surface area contributed by atoms with E-state index < -0.39 is 0 Å². The van der Waals surface area contributed by atoms with E-state index in [4.69, 9.17) is 11.6 Å². The molecule has 0 fully saturated rings. The maximum absolute atomic E-state index is 5.87. The van der Waals surface area contributed by atoms with Crippen molar-refractivity contribution in [3.05, 3.63) is 50.6 Å². The quantitative estimate of drug-likeness (QED) is 0.813. The summed E-state index contributed by atoms with van der Waals surface area (Å²) in [5.41, 5.74) is 1.91. The number of aromatic nitrogens is 1. The van der Waals surface area contributed by atoms with Crippen molar-refractivity contribution in [2.24, 2.45) is 0 Å². The van der Waals surface area contributed by atoms with Gasteiger partial charge in [-0.1, -0.05) is 11.6 Å². The van der Waals surface area contributed by atoms with Crippen molar-refractivity contribution in [3.8, 4) is 0 Å². The lowest BCUT2D eigenvalue weighted by atomic mass is 10.3. The summed E-state index contributed by atoms with van der Waals surface area (Å²) in [6.07, 6.45) is 3.48. The van der Waals surface area contributed by atoms with Gasteiger partial charge in [-0.05, 0) is 56.1 Å². The Balaban J connectivity index is 2.31. The van der Waals surface area contributed by atoms with Crippen LogP contribution in [0.3, 0.4) is 0 Å². The number of pyridine rings is 1. The summed E-state index contributed by atoms with van der Waals surface area (Å²) in [5, 5.41) is 3.98. The third kappa shape index (κ3) is 2.75. The molecule has 0 amide bonds. The first-order valence-corrected chi connectivity index (χ1v) is 6.45. The molecule has 0 saturated heterocycles. The SMILES string of the molecule is Clc1ccc(Nc2ccncc2Br)c(Br)c1. The summed E-state index contributed by atoms with van der Waals surface area (Å²) in [6, 6.07) is 7.49. The minimum atomic E-state index is 0.700. The summed E-state index contributed by atoms with van der Waals surface area (Å²) in [5.74, 6) is 0.